The van der Waals surface area contributed by atoms with E-state index < -0.39 is 9.84 Å². The molecule has 0 unspecified atom stereocenters. The highest BCUT2D eigenvalue weighted by Gasteiger charge is 2.34. The Morgan fingerprint density at radius 2 is 1.62 bits per heavy atom. The van der Waals surface area contributed by atoms with Crippen LogP contribution in [0.1, 0.15) is 30.7 Å². The molecule has 2 heterocycles. The van der Waals surface area contributed by atoms with E-state index in [0.717, 1.165) is 44.6 Å². The van der Waals surface area contributed by atoms with Crippen molar-refractivity contribution >= 4 is 27.5 Å². The molecule has 2 amide bonds. The molecular weight excluding hydrogens is 408 g/mol. The summed E-state index contributed by atoms with van der Waals surface area (Å²) in [6, 6.07) is 13.1. The molecule has 0 radical (unpaired) electrons. The van der Waals surface area contributed by atoms with Crippen molar-refractivity contribution in [3.63, 3.8) is 0 Å². The maximum Gasteiger partial charge on any atom is 0.320 e. The Hall–Kier alpha value is -2.05. The van der Waals surface area contributed by atoms with Crippen molar-refractivity contribution in [1.82, 2.24) is 9.80 Å². The van der Waals surface area contributed by atoms with Crippen LogP contribution < -0.4 is 0 Å². The number of halogens is 1. The molecule has 2 aromatic carbocycles. The number of amides is 2. The van der Waals surface area contributed by atoms with Crippen LogP contribution in [0.2, 0.25) is 5.02 Å². The van der Waals surface area contributed by atoms with Gasteiger partial charge in [0.1, 0.15) is 0 Å². The first kappa shape index (κ1) is 20.2. The van der Waals surface area contributed by atoms with E-state index in [9.17, 15) is 13.2 Å². The van der Waals surface area contributed by atoms with Crippen LogP contribution in [0.15, 0.2) is 47.4 Å². The average Bonchev–Trinajstić information content (AvgIpc) is 2.67. The Bertz CT molecular complexity index is 1010. The Balaban J connectivity index is 1.46. The summed E-state index contributed by atoms with van der Waals surface area (Å²) < 4.78 is 24.3. The van der Waals surface area contributed by atoms with E-state index in [-0.39, 0.29) is 10.9 Å². The molecule has 4 rings (SSSR count). The number of nitrogens with zero attached hydrogens (tertiary/aromatic N) is 2. The van der Waals surface area contributed by atoms with Crippen molar-refractivity contribution in [3.05, 3.63) is 53.1 Å². The number of sulfone groups is 1. The van der Waals surface area contributed by atoms with E-state index in [1.165, 1.54) is 24.3 Å². The van der Waals surface area contributed by atoms with Gasteiger partial charge < -0.3 is 9.80 Å². The zero-order valence-corrected chi connectivity index (χ0v) is 18.0. The third kappa shape index (κ3) is 4.28. The van der Waals surface area contributed by atoms with E-state index in [1.807, 2.05) is 34.1 Å². The topological polar surface area (TPSA) is 57.7 Å². The molecule has 29 heavy (non-hydrogen) atoms. The molecule has 0 atom stereocenters. The molecule has 2 aromatic rings. The van der Waals surface area contributed by atoms with E-state index in [2.05, 4.69) is 0 Å². The van der Waals surface area contributed by atoms with Crippen LogP contribution in [0.3, 0.4) is 0 Å². The zero-order valence-electron chi connectivity index (χ0n) is 16.5. The molecule has 0 aromatic heterocycles. The second-order valence-electron chi connectivity index (χ2n) is 7.97. The van der Waals surface area contributed by atoms with Crippen LogP contribution in [-0.4, -0.2) is 56.7 Å². The first-order valence-electron chi connectivity index (χ1n) is 9.97. The van der Waals surface area contributed by atoms with Gasteiger partial charge in [-0.3, -0.25) is 0 Å². The lowest BCUT2D eigenvalue weighted by Gasteiger charge is -2.43. The van der Waals surface area contributed by atoms with Gasteiger partial charge in [-0.25, -0.2) is 13.2 Å². The predicted molar refractivity (Wildman–Crippen MR) is 115 cm³/mol. The van der Waals surface area contributed by atoms with Gasteiger partial charge in [-0.15, -0.1) is 0 Å². The second-order valence-corrected chi connectivity index (χ2v) is 10.4. The monoisotopic (exact) mass is 432 g/mol. The first-order valence-corrected chi connectivity index (χ1v) is 12.2. The fourth-order valence-corrected chi connectivity index (χ4v) is 5.27. The van der Waals surface area contributed by atoms with Crippen LogP contribution >= 0.6 is 11.6 Å². The van der Waals surface area contributed by atoms with Crippen molar-refractivity contribution in [3.8, 4) is 11.1 Å². The normalized spacial score (nSPS) is 17.9. The SMILES string of the molecule is CS(=O)(=O)c1cc(Cl)ccc1-c1ccc(C2CN(C(=O)N3CCCCC3)C2)cc1. The van der Waals surface area contributed by atoms with Gasteiger partial charge in [-0.1, -0.05) is 41.9 Å². The van der Waals surface area contributed by atoms with Gasteiger partial charge in [-0.2, -0.15) is 0 Å². The van der Waals surface area contributed by atoms with Gasteiger partial charge in [0, 0.05) is 48.9 Å². The molecule has 0 aliphatic carbocycles. The third-order valence-electron chi connectivity index (χ3n) is 5.81. The predicted octanol–water partition coefficient (Wildman–Crippen LogP) is 4.42. The maximum atomic E-state index is 12.5. The lowest BCUT2D eigenvalue weighted by atomic mass is 9.90. The highest BCUT2D eigenvalue weighted by molar-refractivity contribution is 7.90. The Morgan fingerprint density at radius 3 is 2.24 bits per heavy atom. The number of benzene rings is 2. The molecule has 2 aliphatic heterocycles. The van der Waals surface area contributed by atoms with Crippen molar-refractivity contribution in [2.24, 2.45) is 0 Å². The highest BCUT2D eigenvalue weighted by Crippen LogP contribution is 2.33. The Morgan fingerprint density at radius 1 is 0.966 bits per heavy atom. The quantitative estimate of drug-likeness (QED) is 0.721. The lowest BCUT2D eigenvalue weighted by molar-refractivity contribution is 0.107. The standard InChI is InChI=1S/C22H25ClN2O3S/c1-29(27,28)21-13-19(23)9-10-20(21)17-7-5-16(6-8-17)18-14-25(15-18)22(26)24-11-3-2-4-12-24/h5-10,13,18H,2-4,11-12,14-15H2,1H3. The molecular formula is C22H25ClN2O3S. The van der Waals surface area contributed by atoms with E-state index in [0.29, 0.717) is 16.5 Å². The van der Waals surface area contributed by atoms with E-state index >= 15 is 0 Å². The Kier molecular flexibility index (Phi) is 5.58. The van der Waals surface area contributed by atoms with Gasteiger partial charge in [0.15, 0.2) is 9.84 Å². The van der Waals surface area contributed by atoms with E-state index in [4.69, 9.17) is 11.6 Å². The zero-order chi connectivity index (χ0) is 20.6. The first-order chi connectivity index (χ1) is 13.8. The number of piperidine rings is 1. The summed E-state index contributed by atoms with van der Waals surface area (Å²) in [5.41, 5.74) is 2.66. The molecule has 0 N–H and O–H groups in total. The molecule has 7 heteroatoms. The number of urea groups is 1. The van der Waals surface area contributed by atoms with Crippen molar-refractivity contribution in [2.45, 2.75) is 30.1 Å². The van der Waals surface area contributed by atoms with Crippen LogP contribution in [0.4, 0.5) is 4.79 Å². The molecule has 154 valence electrons. The van der Waals surface area contributed by atoms with Crippen molar-refractivity contribution in [1.29, 1.82) is 0 Å². The fraction of sp³-hybridized carbons (Fsp3) is 0.409. The van der Waals surface area contributed by atoms with Gasteiger partial charge in [0.25, 0.3) is 0 Å². The lowest BCUT2D eigenvalue weighted by Crippen LogP contribution is -2.54. The van der Waals surface area contributed by atoms with Crippen LogP contribution in [0, 0.1) is 0 Å². The summed E-state index contributed by atoms with van der Waals surface area (Å²) in [6.45, 7) is 3.23. The molecule has 5 nitrogen and oxygen atoms in total. The summed E-state index contributed by atoms with van der Waals surface area (Å²) in [5.74, 6) is 0.331. The van der Waals surface area contributed by atoms with Crippen LogP contribution in [0.25, 0.3) is 11.1 Å². The van der Waals surface area contributed by atoms with Crippen LogP contribution in [0.5, 0.6) is 0 Å². The summed E-state index contributed by atoms with van der Waals surface area (Å²) in [6.07, 6.45) is 4.61. The number of hydrogen-bond donors (Lipinski definition) is 0. The van der Waals surface area contributed by atoms with Gasteiger partial charge in [0.2, 0.25) is 0 Å². The molecule has 2 saturated heterocycles. The molecule has 2 fully saturated rings. The van der Waals surface area contributed by atoms with E-state index in [1.54, 1.807) is 12.1 Å². The number of hydrogen-bond acceptors (Lipinski definition) is 3. The summed E-state index contributed by atoms with van der Waals surface area (Å²) in [7, 11) is -3.38. The smallest absolute Gasteiger partial charge is 0.320 e. The fourth-order valence-electron chi connectivity index (χ4n) is 4.11. The van der Waals surface area contributed by atoms with Crippen LogP contribution in [-0.2, 0) is 9.84 Å². The highest BCUT2D eigenvalue weighted by atomic mass is 35.5. The average molecular weight is 433 g/mol. The Labute approximate surface area is 177 Å². The van der Waals surface area contributed by atoms with Gasteiger partial charge >= 0.3 is 6.03 Å². The summed E-state index contributed by atoms with van der Waals surface area (Å²) >= 11 is 6.00. The molecule has 0 saturated carbocycles. The van der Waals surface area contributed by atoms with Gasteiger partial charge in [0.05, 0.1) is 4.90 Å². The molecule has 2 aliphatic rings. The third-order valence-corrected chi connectivity index (χ3v) is 7.19. The number of rotatable bonds is 3. The second kappa shape index (κ2) is 8.00. The molecule has 0 bridgehead atoms. The number of carbonyl (C=O) groups excluding carboxylic acids is 1. The summed E-state index contributed by atoms with van der Waals surface area (Å²) in [4.78, 5) is 16.7. The number of carbonyl (C=O) groups is 1. The van der Waals surface area contributed by atoms with Gasteiger partial charge in [-0.05, 0) is 42.5 Å². The number of likely N-dealkylation sites (tertiary alicyclic amines) is 2. The van der Waals surface area contributed by atoms with Crippen molar-refractivity contribution < 1.29 is 13.2 Å². The minimum atomic E-state index is -3.38. The largest absolute Gasteiger partial charge is 0.325 e. The van der Waals surface area contributed by atoms with Crippen molar-refractivity contribution in [2.75, 3.05) is 32.4 Å². The minimum absolute atomic E-state index is 0.163. The molecule has 0 spiro atoms. The summed E-state index contributed by atoms with van der Waals surface area (Å²) in [5, 5.41) is 0.402. The maximum absolute atomic E-state index is 12.5. The minimum Gasteiger partial charge on any atom is -0.325 e.